The number of halogens is 2. The van der Waals surface area contributed by atoms with Crippen LogP contribution in [0.3, 0.4) is 0 Å². The Labute approximate surface area is 204 Å². The summed E-state index contributed by atoms with van der Waals surface area (Å²) in [7, 11) is 0. The zero-order valence-corrected chi connectivity index (χ0v) is 20.5. The predicted molar refractivity (Wildman–Crippen MR) is 134 cm³/mol. The quantitative estimate of drug-likeness (QED) is 0.580. The van der Waals surface area contributed by atoms with Gasteiger partial charge in [0.15, 0.2) is 11.5 Å². The van der Waals surface area contributed by atoms with Crippen LogP contribution in [0.2, 0.25) is 0 Å². The van der Waals surface area contributed by atoms with Crippen LogP contribution < -0.4 is 14.8 Å². The third kappa shape index (κ3) is 7.00. The molecule has 0 spiro atoms. The van der Waals surface area contributed by atoms with Crippen LogP contribution >= 0.6 is 24.8 Å². The molecule has 2 fully saturated rings. The van der Waals surface area contributed by atoms with E-state index in [1.54, 1.807) is 0 Å². The number of benzene rings is 2. The Morgan fingerprint density at radius 1 is 0.969 bits per heavy atom. The molecule has 0 aliphatic carbocycles. The van der Waals surface area contributed by atoms with Crippen LogP contribution in [-0.4, -0.2) is 50.9 Å². The lowest BCUT2D eigenvalue weighted by molar-refractivity contribution is 0.0212. The second-order valence-electron chi connectivity index (χ2n) is 8.09. The van der Waals surface area contributed by atoms with Crippen molar-refractivity contribution < 1.29 is 14.2 Å². The van der Waals surface area contributed by atoms with Gasteiger partial charge in [0.25, 0.3) is 0 Å². The van der Waals surface area contributed by atoms with Gasteiger partial charge in [-0.05, 0) is 48.9 Å². The monoisotopic (exact) mass is 482 g/mol. The minimum absolute atomic E-state index is 0. The van der Waals surface area contributed by atoms with E-state index in [9.17, 15) is 0 Å². The number of rotatable bonds is 8. The summed E-state index contributed by atoms with van der Waals surface area (Å²) in [5.41, 5.74) is 2.49. The maximum absolute atomic E-state index is 6.13. The van der Waals surface area contributed by atoms with Gasteiger partial charge < -0.3 is 19.5 Å². The van der Waals surface area contributed by atoms with E-state index in [2.05, 4.69) is 40.5 Å². The second-order valence-corrected chi connectivity index (χ2v) is 8.09. The molecule has 7 heteroatoms. The molecule has 178 valence electrons. The molecule has 2 aromatic carbocycles. The fourth-order valence-electron chi connectivity index (χ4n) is 4.60. The highest BCUT2D eigenvalue weighted by Crippen LogP contribution is 2.39. The van der Waals surface area contributed by atoms with Crippen LogP contribution in [0.1, 0.15) is 36.9 Å². The van der Waals surface area contributed by atoms with E-state index in [0.29, 0.717) is 25.2 Å². The third-order valence-electron chi connectivity index (χ3n) is 6.10. The van der Waals surface area contributed by atoms with E-state index in [0.717, 1.165) is 69.3 Å². The van der Waals surface area contributed by atoms with Gasteiger partial charge >= 0.3 is 0 Å². The number of hydrogen-bond acceptors (Lipinski definition) is 5. The standard InChI is InChI=1S/C25H34N2O3.2ClH/c1-2-29-24-18-22(8-9-23(24)30-19-20-6-4-3-5-7-20)25(21-10-16-28-17-11-21)27-14-12-26-13-15-27;;/h3-9,18,21,25-26H,2,10-17,19H2,1H3;2*1H/t25-;;/m1../s1. The summed E-state index contributed by atoms with van der Waals surface area (Å²) < 4.78 is 17.8. The molecule has 4 rings (SSSR count). The zero-order chi connectivity index (χ0) is 20.6. The zero-order valence-electron chi connectivity index (χ0n) is 18.8. The van der Waals surface area contributed by atoms with Crippen molar-refractivity contribution >= 4 is 24.8 Å². The van der Waals surface area contributed by atoms with Gasteiger partial charge in [0.05, 0.1) is 6.61 Å². The Morgan fingerprint density at radius 2 is 1.69 bits per heavy atom. The normalized spacial score (nSPS) is 18.2. The highest BCUT2D eigenvalue weighted by atomic mass is 35.5. The van der Waals surface area contributed by atoms with Gasteiger partial charge in [-0.3, -0.25) is 4.90 Å². The Balaban J connectivity index is 0.00000181. The lowest BCUT2D eigenvalue weighted by Crippen LogP contribution is -2.47. The van der Waals surface area contributed by atoms with Gasteiger partial charge in [-0.15, -0.1) is 24.8 Å². The first-order valence-electron chi connectivity index (χ1n) is 11.3. The first kappa shape index (κ1) is 26.7. The van der Waals surface area contributed by atoms with Gasteiger partial charge in [0, 0.05) is 45.4 Å². The minimum Gasteiger partial charge on any atom is -0.490 e. The molecule has 0 saturated carbocycles. The Hall–Kier alpha value is -1.50. The molecule has 2 aromatic rings. The van der Waals surface area contributed by atoms with Gasteiger partial charge in [0.2, 0.25) is 0 Å². The highest BCUT2D eigenvalue weighted by Gasteiger charge is 2.31. The van der Waals surface area contributed by atoms with Crippen molar-refractivity contribution in [3.63, 3.8) is 0 Å². The van der Waals surface area contributed by atoms with Crippen LogP contribution in [0.15, 0.2) is 48.5 Å². The lowest BCUT2D eigenvalue weighted by Gasteiger charge is -2.41. The van der Waals surface area contributed by atoms with Crippen molar-refractivity contribution in [1.29, 1.82) is 0 Å². The van der Waals surface area contributed by atoms with Crippen LogP contribution in [0, 0.1) is 5.92 Å². The molecular weight excluding hydrogens is 447 g/mol. The number of nitrogens with zero attached hydrogens (tertiary/aromatic N) is 1. The fraction of sp³-hybridized carbons (Fsp3) is 0.520. The summed E-state index contributed by atoms with van der Waals surface area (Å²) in [6.45, 7) is 9.19. The summed E-state index contributed by atoms with van der Waals surface area (Å²) >= 11 is 0. The molecule has 2 aliphatic rings. The first-order valence-corrected chi connectivity index (χ1v) is 11.3. The molecule has 1 N–H and O–H groups in total. The topological polar surface area (TPSA) is 43.0 Å². The predicted octanol–water partition coefficient (Wildman–Crippen LogP) is 4.88. The summed E-state index contributed by atoms with van der Waals surface area (Å²) in [5, 5.41) is 3.49. The summed E-state index contributed by atoms with van der Waals surface area (Å²) in [6.07, 6.45) is 2.23. The van der Waals surface area contributed by atoms with Crippen molar-refractivity contribution in [3.8, 4) is 11.5 Å². The molecular formula is C25H36Cl2N2O3. The van der Waals surface area contributed by atoms with Crippen molar-refractivity contribution in [1.82, 2.24) is 10.2 Å². The molecule has 5 nitrogen and oxygen atoms in total. The lowest BCUT2D eigenvalue weighted by atomic mass is 9.85. The van der Waals surface area contributed by atoms with Gasteiger partial charge in [-0.1, -0.05) is 36.4 Å². The highest BCUT2D eigenvalue weighted by molar-refractivity contribution is 5.85. The molecule has 0 aromatic heterocycles. The van der Waals surface area contributed by atoms with Gasteiger partial charge in [-0.2, -0.15) is 0 Å². The van der Waals surface area contributed by atoms with Crippen molar-refractivity contribution in [2.45, 2.75) is 32.4 Å². The van der Waals surface area contributed by atoms with Crippen LogP contribution in [-0.2, 0) is 11.3 Å². The largest absolute Gasteiger partial charge is 0.490 e. The maximum atomic E-state index is 6.13. The van der Waals surface area contributed by atoms with Crippen molar-refractivity contribution in [3.05, 3.63) is 59.7 Å². The molecule has 32 heavy (non-hydrogen) atoms. The van der Waals surface area contributed by atoms with Crippen LogP contribution in [0.4, 0.5) is 0 Å². The van der Waals surface area contributed by atoms with Crippen LogP contribution in [0.5, 0.6) is 11.5 Å². The summed E-state index contributed by atoms with van der Waals surface area (Å²) in [5.74, 6) is 2.27. The minimum atomic E-state index is 0. The molecule has 2 heterocycles. The Kier molecular flexibility index (Phi) is 11.6. The third-order valence-corrected chi connectivity index (χ3v) is 6.10. The first-order chi connectivity index (χ1) is 14.8. The van der Waals surface area contributed by atoms with Crippen molar-refractivity contribution in [2.75, 3.05) is 46.0 Å². The van der Waals surface area contributed by atoms with Gasteiger partial charge in [0.1, 0.15) is 6.61 Å². The Morgan fingerprint density at radius 3 is 2.38 bits per heavy atom. The second kappa shape index (κ2) is 13.9. The van der Waals surface area contributed by atoms with Crippen molar-refractivity contribution in [2.24, 2.45) is 5.92 Å². The summed E-state index contributed by atoms with van der Waals surface area (Å²) in [4.78, 5) is 2.64. The van der Waals surface area contributed by atoms with E-state index < -0.39 is 0 Å². The fourth-order valence-corrected chi connectivity index (χ4v) is 4.60. The number of ether oxygens (including phenoxy) is 3. The molecule has 0 amide bonds. The van der Waals surface area contributed by atoms with E-state index in [4.69, 9.17) is 14.2 Å². The molecule has 2 saturated heterocycles. The van der Waals surface area contributed by atoms with Gasteiger partial charge in [-0.25, -0.2) is 0 Å². The summed E-state index contributed by atoms with van der Waals surface area (Å²) in [6, 6.07) is 17.2. The molecule has 2 aliphatic heterocycles. The number of piperazine rings is 1. The van der Waals surface area contributed by atoms with E-state index >= 15 is 0 Å². The average Bonchev–Trinajstić information content (AvgIpc) is 2.81. The number of hydrogen-bond donors (Lipinski definition) is 1. The Bertz CT molecular complexity index is 764. The molecule has 0 radical (unpaired) electrons. The molecule has 0 bridgehead atoms. The average molecular weight is 483 g/mol. The molecule has 0 unspecified atom stereocenters. The van der Waals surface area contributed by atoms with E-state index in [-0.39, 0.29) is 24.8 Å². The van der Waals surface area contributed by atoms with Crippen LogP contribution in [0.25, 0.3) is 0 Å². The number of nitrogens with one attached hydrogen (secondary N) is 1. The van der Waals surface area contributed by atoms with E-state index in [1.165, 1.54) is 5.56 Å². The smallest absolute Gasteiger partial charge is 0.161 e. The molecule has 1 atom stereocenters. The SMILES string of the molecule is CCOc1cc([C@@H](C2CCOCC2)N2CCNCC2)ccc1OCc1ccccc1.Cl.Cl. The van der Waals surface area contributed by atoms with E-state index in [1.807, 2.05) is 25.1 Å². The maximum Gasteiger partial charge on any atom is 0.161 e.